The zero-order valence-electron chi connectivity index (χ0n) is 15.9. The smallest absolute Gasteiger partial charge is 0.417 e. The van der Waals surface area contributed by atoms with Gasteiger partial charge < -0.3 is 9.84 Å². The number of nitrogens with zero attached hydrogens (tertiary/aromatic N) is 3. The normalized spacial score (nSPS) is 10.9. The first-order valence-electron chi connectivity index (χ1n) is 9.09. The second kappa shape index (κ2) is 7.82. The summed E-state index contributed by atoms with van der Waals surface area (Å²) < 4.78 is 35.0. The molecule has 0 bridgehead atoms. The number of halogens is 2. The predicted octanol–water partition coefficient (Wildman–Crippen LogP) is 5.32. The summed E-state index contributed by atoms with van der Waals surface area (Å²) in [6.07, 6.45) is 0.478. The number of aromatic nitrogens is 2. The third-order valence-corrected chi connectivity index (χ3v) is 4.61. The minimum absolute atomic E-state index is 0.195. The summed E-state index contributed by atoms with van der Waals surface area (Å²) in [5, 5.41) is 9.84. The maximum atomic E-state index is 13.9. The van der Waals surface area contributed by atoms with Gasteiger partial charge in [0.15, 0.2) is 17.2 Å². The number of imidazole rings is 1. The number of hydrogen-bond donors (Lipinski definition) is 1. The number of rotatable bonds is 5. The van der Waals surface area contributed by atoms with E-state index >= 15 is 0 Å². The first-order chi connectivity index (χ1) is 14.5. The van der Waals surface area contributed by atoms with E-state index in [4.69, 9.17) is 4.74 Å². The lowest BCUT2D eigenvalue weighted by Crippen LogP contribution is -2.25. The Kier molecular flexibility index (Phi) is 5.05. The Hall–Kier alpha value is -3.94. The number of carbonyl (C=O) groups is 1. The highest BCUT2D eigenvalue weighted by Crippen LogP contribution is 2.32. The van der Waals surface area contributed by atoms with Gasteiger partial charge in [0.2, 0.25) is 0 Å². The van der Waals surface area contributed by atoms with Crippen LogP contribution in [0.15, 0.2) is 66.9 Å². The molecule has 8 heteroatoms. The summed E-state index contributed by atoms with van der Waals surface area (Å²) in [5.74, 6) is -0.814. The number of ether oxygens (including phenoxy) is 1. The lowest BCUT2D eigenvalue weighted by Gasteiger charge is -2.19. The summed E-state index contributed by atoms with van der Waals surface area (Å²) in [6, 6.07) is 15.5. The summed E-state index contributed by atoms with van der Waals surface area (Å²) in [6.45, 7) is 1.35. The average molecular weight is 409 g/mol. The van der Waals surface area contributed by atoms with E-state index < -0.39 is 17.7 Å². The fraction of sp³-hybridized carbons (Fsp3) is 0.0909. The fourth-order valence-electron chi connectivity index (χ4n) is 3.25. The molecule has 1 N–H and O–H groups in total. The van der Waals surface area contributed by atoms with E-state index in [0.29, 0.717) is 22.8 Å². The van der Waals surface area contributed by atoms with Gasteiger partial charge in [-0.15, -0.1) is 0 Å². The molecule has 6 nitrogen and oxygen atoms in total. The molecule has 4 rings (SSSR count). The van der Waals surface area contributed by atoms with Gasteiger partial charge in [0.25, 0.3) is 0 Å². The second-order valence-electron chi connectivity index (χ2n) is 6.53. The fourth-order valence-corrected chi connectivity index (χ4v) is 3.25. The number of carboxylic acid groups (broad SMARTS) is 1. The van der Waals surface area contributed by atoms with Crippen LogP contribution in [0.1, 0.15) is 11.3 Å². The Labute approximate surface area is 170 Å². The van der Waals surface area contributed by atoms with Crippen molar-refractivity contribution in [3.8, 4) is 5.75 Å². The van der Waals surface area contributed by atoms with Crippen molar-refractivity contribution in [3.63, 3.8) is 0 Å². The number of fused-ring (bicyclic) bond motifs is 1. The van der Waals surface area contributed by atoms with Gasteiger partial charge in [-0.2, -0.15) is 0 Å². The Morgan fingerprint density at radius 3 is 2.43 bits per heavy atom. The average Bonchev–Trinajstić information content (AvgIpc) is 3.05. The van der Waals surface area contributed by atoms with Crippen molar-refractivity contribution >= 4 is 23.2 Å². The molecule has 0 aliphatic carbocycles. The maximum Gasteiger partial charge on any atom is 0.417 e. The summed E-state index contributed by atoms with van der Waals surface area (Å²) in [4.78, 5) is 17.6. The Morgan fingerprint density at radius 2 is 1.77 bits per heavy atom. The van der Waals surface area contributed by atoms with Crippen molar-refractivity contribution in [2.24, 2.45) is 0 Å². The highest BCUT2D eigenvalue weighted by Gasteiger charge is 2.24. The van der Waals surface area contributed by atoms with Gasteiger partial charge >= 0.3 is 6.09 Å². The standard InChI is InChI=1S/C22H17F2N3O3/c1-14-21(27(22(28)29)15-7-3-2-4-8-15)26-12-6-11-19(20(26)25-14)30-13-16-17(23)9-5-10-18(16)24/h2-12H,13H2,1H3,(H,28,29). The molecule has 2 heterocycles. The molecule has 1 amide bonds. The van der Waals surface area contributed by atoms with Gasteiger partial charge in [0, 0.05) is 6.20 Å². The third-order valence-electron chi connectivity index (χ3n) is 4.61. The number of hydrogen-bond acceptors (Lipinski definition) is 3. The lowest BCUT2D eigenvalue weighted by atomic mass is 10.2. The number of aryl methyl sites for hydroxylation is 1. The van der Waals surface area contributed by atoms with Crippen LogP contribution in [0.25, 0.3) is 5.65 Å². The number of anilines is 2. The number of pyridine rings is 1. The van der Waals surface area contributed by atoms with Crippen LogP contribution >= 0.6 is 0 Å². The molecule has 0 saturated heterocycles. The van der Waals surface area contributed by atoms with Crippen molar-refractivity contribution < 1.29 is 23.4 Å². The molecule has 0 atom stereocenters. The largest absolute Gasteiger partial charge is 0.485 e. The first kappa shape index (κ1) is 19.4. The molecular formula is C22H17F2N3O3. The van der Waals surface area contributed by atoms with Crippen molar-refractivity contribution in [1.29, 1.82) is 0 Å². The third kappa shape index (κ3) is 3.43. The molecule has 0 aliphatic heterocycles. The van der Waals surface area contributed by atoms with Crippen LogP contribution < -0.4 is 9.64 Å². The van der Waals surface area contributed by atoms with Gasteiger partial charge in [-0.1, -0.05) is 24.3 Å². The van der Waals surface area contributed by atoms with Gasteiger partial charge in [-0.05, 0) is 43.3 Å². The predicted molar refractivity (Wildman–Crippen MR) is 107 cm³/mol. The molecule has 0 radical (unpaired) electrons. The van der Waals surface area contributed by atoms with Crippen LogP contribution in [-0.4, -0.2) is 20.6 Å². The molecule has 0 spiro atoms. The highest BCUT2D eigenvalue weighted by molar-refractivity contribution is 5.95. The van der Waals surface area contributed by atoms with Crippen molar-refractivity contribution in [2.45, 2.75) is 13.5 Å². The molecule has 0 saturated carbocycles. The monoisotopic (exact) mass is 409 g/mol. The first-order valence-corrected chi connectivity index (χ1v) is 9.09. The molecule has 0 fully saturated rings. The Bertz CT molecular complexity index is 1210. The van der Waals surface area contributed by atoms with Crippen LogP contribution in [0.5, 0.6) is 5.75 Å². The summed E-state index contributed by atoms with van der Waals surface area (Å²) in [7, 11) is 0. The van der Waals surface area contributed by atoms with Crippen LogP contribution in [0.3, 0.4) is 0 Å². The molecular weight excluding hydrogens is 392 g/mol. The van der Waals surface area contributed by atoms with Crippen LogP contribution in [-0.2, 0) is 6.61 Å². The lowest BCUT2D eigenvalue weighted by molar-refractivity contribution is 0.204. The van der Waals surface area contributed by atoms with E-state index in [9.17, 15) is 18.7 Å². The highest BCUT2D eigenvalue weighted by atomic mass is 19.1. The minimum atomic E-state index is -1.18. The van der Waals surface area contributed by atoms with E-state index in [0.717, 1.165) is 17.0 Å². The summed E-state index contributed by atoms with van der Waals surface area (Å²) >= 11 is 0. The zero-order chi connectivity index (χ0) is 21.3. The SMILES string of the molecule is Cc1nc2c(OCc3c(F)cccc3F)cccn2c1N(C(=O)O)c1ccccc1. The van der Waals surface area contributed by atoms with Gasteiger partial charge in [0.1, 0.15) is 18.2 Å². The molecule has 2 aromatic heterocycles. The topological polar surface area (TPSA) is 67.1 Å². The van der Waals surface area contributed by atoms with Crippen LogP contribution in [0.2, 0.25) is 0 Å². The van der Waals surface area contributed by atoms with Crippen LogP contribution in [0.4, 0.5) is 25.1 Å². The van der Waals surface area contributed by atoms with Crippen molar-refractivity contribution in [1.82, 2.24) is 9.38 Å². The van der Waals surface area contributed by atoms with E-state index in [1.54, 1.807) is 60.0 Å². The number of benzene rings is 2. The van der Waals surface area contributed by atoms with Gasteiger partial charge in [-0.3, -0.25) is 4.40 Å². The van der Waals surface area contributed by atoms with Crippen molar-refractivity contribution in [2.75, 3.05) is 4.90 Å². The Balaban J connectivity index is 1.76. The number of para-hydroxylation sites is 1. The van der Waals surface area contributed by atoms with Gasteiger partial charge in [0.05, 0.1) is 16.9 Å². The molecule has 0 aliphatic rings. The summed E-state index contributed by atoms with van der Waals surface area (Å²) in [5.41, 5.74) is 1.05. The van der Waals surface area contributed by atoms with Gasteiger partial charge in [-0.25, -0.2) is 23.5 Å². The van der Waals surface area contributed by atoms with E-state index in [2.05, 4.69) is 4.98 Å². The maximum absolute atomic E-state index is 13.9. The molecule has 0 unspecified atom stereocenters. The zero-order valence-corrected chi connectivity index (χ0v) is 15.9. The second-order valence-corrected chi connectivity index (χ2v) is 6.53. The molecule has 30 heavy (non-hydrogen) atoms. The van der Waals surface area contributed by atoms with E-state index in [-0.39, 0.29) is 17.9 Å². The van der Waals surface area contributed by atoms with E-state index in [1.807, 2.05) is 0 Å². The number of amides is 1. The van der Waals surface area contributed by atoms with Crippen LogP contribution in [0, 0.1) is 18.6 Å². The Morgan fingerprint density at radius 1 is 1.07 bits per heavy atom. The molecule has 4 aromatic rings. The molecule has 152 valence electrons. The minimum Gasteiger partial charge on any atom is -0.485 e. The quantitative estimate of drug-likeness (QED) is 0.485. The van der Waals surface area contributed by atoms with Crippen molar-refractivity contribution in [3.05, 3.63) is 89.8 Å². The molecule has 2 aromatic carbocycles. The van der Waals surface area contributed by atoms with E-state index in [1.165, 1.54) is 6.07 Å².